The molecular weight excluding hydrogens is 350 g/mol. The van der Waals surface area contributed by atoms with Gasteiger partial charge in [-0.15, -0.1) is 0 Å². The van der Waals surface area contributed by atoms with Crippen LogP contribution in [-0.4, -0.2) is 21.9 Å². The minimum atomic E-state index is -0.232. The lowest BCUT2D eigenvalue weighted by Crippen LogP contribution is -2.19. The van der Waals surface area contributed by atoms with Gasteiger partial charge in [-0.25, -0.2) is 4.98 Å². The lowest BCUT2D eigenvalue weighted by atomic mass is 10.1. The van der Waals surface area contributed by atoms with E-state index >= 15 is 0 Å². The largest absolute Gasteiger partial charge is 0.399 e. The average Bonchev–Trinajstić information content (AvgIpc) is 3.22. The zero-order valence-electron chi connectivity index (χ0n) is 15.6. The number of nitrogens with one attached hydrogen (secondary N) is 2. The van der Waals surface area contributed by atoms with E-state index in [4.69, 9.17) is 5.73 Å². The normalized spacial score (nSPS) is 14.0. The molecule has 1 saturated carbocycles. The van der Waals surface area contributed by atoms with Crippen molar-refractivity contribution in [3.8, 4) is 11.3 Å². The van der Waals surface area contributed by atoms with Crippen molar-refractivity contribution in [3.05, 3.63) is 66.2 Å². The molecule has 4 N–H and O–H groups in total. The van der Waals surface area contributed by atoms with Gasteiger partial charge >= 0.3 is 0 Å². The van der Waals surface area contributed by atoms with Gasteiger partial charge in [-0.05, 0) is 37.1 Å². The summed E-state index contributed by atoms with van der Waals surface area (Å²) in [5.41, 5.74) is 8.59. The van der Waals surface area contributed by atoms with Gasteiger partial charge in [-0.1, -0.05) is 43.2 Å². The number of carbonyl (C=O) groups excluding carboxylic acids is 1. The highest BCUT2D eigenvalue weighted by Gasteiger charge is 2.17. The summed E-state index contributed by atoms with van der Waals surface area (Å²) in [5.74, 6) is 0.779. The van der Waals surface area contributed by atoms with Crippen molar-refractivity contribution in [1.29, 1.82) is 0 Å². The Kier molecular flexibility index (Phi) is 5.19. The zero-order valence-corrected chi connectivity index (χ0v) is 15.6. The van der Waals surface area contributed by atoms with Gasteiger partial charge in [0.05, 0.1) is 5.69 Å². The summed E-state index contributed by atoms with van der Waals surface area (Å²) >= 11 is 0. The second-order valence-corrected chi connectivity index (χ2v) is 7.03. The van der Waals surface area contributed by atoms with Crippen LogP contribution in [0.1, 0.15) is 36.0 Å². The molecule has 28 heavy (non-hydrogen) atoms. The first-order valence-corrected chi connectivity index (χ1v) is 9.55. The molecule has 2 aromatic carbocycles. The van der Waals surface area contributed by atoms with Gasteiger partial charge in [0.15, 0.2) is 0 Å². The Labute approximate surface area is 164 Å². The molecule has 142 valence electrons. The van der Waals surface area contributed by atoms with Gasteiger partial charge in [0.1, 0.15) is 5.82 Å². The lowest BCUT2D eigenvalue weighted by molar-refractivity contribution is 0.102. The SMILES string of the molecule is Nc1ccc(C(=O)Nc2cc(-c3ccccc3)nc(NC3CCCC3)n2)cc1. The molecule has 0 unspecified atom stereocenters. The molecule has 1 fully saturated rings. The number of anilines is 3. The smallest absolute Gasteiger partial charge is 0.256 e. The fourth-order valence-corrected chi connectivity index (χ4v) is 3.41. The van der Waals surface area contributed by atoms with Crippen molar-refractivity contribution in [2.45, 2.75) is 31.7 Å². The van der Waals surface area contributed by atoms with Crippen LogP contribution >= 0.6 is 0 Å². The monoisotopic (exact) mass is 373 g/mol. The second-order valence-electron chi connectivity index (χ2n) is 7.03. The van der Waals surface area contributed by atoms with Gasteiger partial charge in [0.25, 0.3) is 5.91 Å². The van der Waals surface area contributed by atoms with Crippen LogP contribution in [0.5, 0.6) is 0 Å². The maximum atomic E-state index is 12.6. The van der Waals surface area contributed by atoms with Crippen molar-refractivity contribution < 1.29 is 4.79 Å². The van der Waals surface area contributed by atoms with Gasteiger partial charge in [-0.2, -0.15) is 4.98 Å². The van der Waals surface area contributed by atoms with Crippen molar-refractivity contribution >= 4 is 23.4 Å². The lowest BCUT2D eigenvalue weighted by Gasteiger charge is -2.14. The number of nitrogens with zero attached hydrogens (tertiary/aromatic N) is 2. The van der Waals surface area contributed by atoms with Gasteiger partial charge in [-0.3, -0.25) is 4.79 Å². The molecule has 0 bridgehead atoms. The van der Waals surface area contributed by atoms with Gasteiger partial charge in [0, 0.05) is 28.9 Å². The van der Waals surface area contributed by atoms with Crippen molar-refractivity contribution in [2.75, 3.05) is 16.4 Å². The second kappa shape index (κ2) is 8.08. The highest BCUT2D eigenvalue weighted by Crippen LogP contribution is 2.25. The number of rotatable bonds is 5. The Morgan fingerprint density at radius 2 is 1.68 bits per heavy atom. The van der Waals surface area contributed by atoms with E-state index in [1.54, 1.807) is 30.3 Å². The summed E-state index contributed by atoms with van der Waals surface area (Å²) in [5, 5.41) is 6.30. The summed E-state index contributed by atoms with van der Waals surface area (Å²) in [6.45, 7) is 0. The topological polar surface area (TPSA) is 92.9 Å². The molecule has 6 nitrogen and oxygen atoms in total. The van der Waals surface area contributed by atoms with Crippen LogP contribution in [-0.2, 0) is 0 Å². The molecule has 0 aliphatic heterocycles. The molecule has 1 aliphatic carbocycles. The molecule has 1 aliphatic rings. The summed E-state index contributed by atoms with van der Waals surface area (Å²) in [7, 11) is 0. The van der Waals surface area contributed by atoms with E-state index < -0.39 is 0 Å². The van der Waals surface area contributed by atoms with Crippen LogP contribution in [0.15, 0.2) is 60.7 Å². The van der Waals surface area contributed by atoms with E-state index in [-0.39, 0.29) is 5.91 Å². The molecule has 0 atom stereocenters. The molecule has 3 aromatic rings. The zero-order chi connectivity index (χ0) is 19.3. The van der Waals surface area contributed by atoms with Crippen LogP contribution in [0.25, 0.3) is 11.3 Å². The van der Waals surface area contributed by atoms with E-state index in [2.05, 4.69) is 20.6 Å². The third-order valence-corrected chi connectivity index (χ3v) is 4.90. The first-order valence-electron chi connectivity index (χ1n) is 9.55. The number of amides is 1. The molecule has 1 aromatic heterocycles. The van der Waals surface area contributed by atoms with Crippen LogP contribution in [0.3, 0.4) is 0 Å². The molecule has 1 amide bonds. The summed E-state index contributed by atoms with van der Waals surface area (Å²) in [6, 6.07) is 18.9. The maximum Gasteiger partial charge on any atom is 0.256 e. The number of hydrogen-bond donors (Lipinski definition) is 3. The quantitative estimate of drug-likeness (QED) is 0.579. The molecule has 0 saturated heterocycles. The average molecular weight is 373 g/mol. The minimum absolute atomic E-state index is 0.232. The Hall–Kier alpha value is -3.41. The molecule has 0 radical (unpaired) electrons. The predicted molar refractivity (Wildman–Crippen MR) is 112 cm³/mol. The Morgan fingerprint density at radius 3 is 2.39 bits per heavy atom. The van der Waals surface area contributed by atoms with Crippen LogP contribution in [0.4, 0.5) is 17.5 Å². The molecular formula is C22H23N5O. The Balaban J connectivity index is 1.62. The standard InChI is InChI=1S/C22H23N5O/c23-17-12-10-16(11-13-17)21(28)26-20-14-19(15-6-2-1-3-7-15)25-22(27-20)24-18-8-4-5-9-18/h1-3,6-7,10-14,18H,4-5,8-9,23H2,(H2,24,25,26,27,28). The van der Waals surface area contributed by atoms with Crippen molar-refractivity contribution in [1.82, 2.24) is 9.97 Å². The highest BCUT2D eigenvalue weighted by molar-refractivity contribution is 6.04. The summed E-state index contributed by atoms with van der Waals surface area (Å²) < 4.78 is 0. The fourth-order valence-electron chi connectivity index (χ4n) is 3.41. The maximum absolute atomic E-state index is 12.6. The molecule has 4 rings (SSSR count). The minimum Gasteiger partial charge on any atom is -0.399 e. The first kappa shape index (κ1) is 18.0. The molecule has 1 heterocycles. The number of nitrogen functional groups attached to an aromatic ring is 1. The Morgan fingerprint density at radius 1 is 0.964 bits per heavy atom. The third-order valence-electron chi connectivity index (χ3n) is 4.90. The predicted octanol–water partition coefficient (Wildman–Crippen LogP) is 4.33. The third kappa shape index (κ3) is 4.28. The molecule has 0 spiro atoms. The van der Waals surface area contributed by atoms with Crippen molar-refractivity contribution in [3.63, 3.8) is 0 Å². The van der Waals surface area contributed by atoms with E-state index in [0.29, 0.717) is 29.1 Å². The van der Waals surface area contributed by atoms with Gasteiger partial charge in [0.2, 0.25) is 5.95 Å². The number of carbonyl (C=O) groups is 1. The number of benzene rings is 2. The van der Waals surface area contributed by atoms with E-state index in [9.17, 15) is 4.79 Å². The summed E-state index contributed by atoms with van der Waals surface area (Å²) in [6.07, 6.45) is 4.67. The van der Waals surface area contributed by atoms with E-state index in [1.807, 2.05) is 30.3 Å². The van der Waals surface area contributed by atoms with E-state index in [0.717, 1.165) is 24.1 Å². The van der Waals surface area contributed by atoms with E-state index in [1.165, 1.54) is 12.8 Å². The summed E-state index contributed by atoms with van der Waals surface area (Å²) in [4.78, 5) is 21.8. The highest BCUT2D eigenvalue weighted by atomic mass is 16.1. The van der Waals surface area contributed by atoms with Crippen LogP contribution in [0, 0.1) is 0 Å². The van der Waals surface area contributed by atoms with Crippen molar-refractivity contribution in [2.24, 2.45) is 0 Å². The van der Waals surface area contributed by atoms with Crippen LogP contribution < -0.4 is 16.4 Å². The first-order chi connectivity index (χ1) is 13.7. The van der Waals surface area contributed by atoms with Gasteiger partial charge < -0.3 is 16.4 Å². The number of hydrogen-bond acceptors (Lipinski definition) is 5. The number of aromatic nitrogens is 2. The number of nitrogens with two attached hydrogens (primary N) is 1. The molecule has 6 heteroatoms. The van der Waals surface area contributed by atoms with Crippen LogP contribution in [0.2, 0.25) is 0 Å². The Bertz CT molecular complexity index is 950. The fraction of sp³-hybridized carbons (Fsp3) is 0.227.